The second-order valence-electron chi connectivity index (χ2n) is 8.46. The number of para-hydroxylation sites is 1. The summed E-state index contributed by atoms with van der Waals surface area (Å²) in [4.78, 5) is 15.3. The van der Waals surface area contributed by atoms with Crippen molar-refractivity contribution < 1.29 is 24.1 Å². The Morgan fingerprint density at radius 2 is 1.65 bits per heavy atom. The zero-order valence-electron chi connectivity index (χ0n) is 19.8. The number of aromatic nitrogens is 1. The van der Waals surface area contributed by atoms with Crippen LogP contribution in [0.15, 0.2) is 60.7 Å². The third-order valence-corrected chi connectivity index (χ3v) is 5.90. The van der Waals surface area contributed by atoms with Gasteiger partial charge < -0.3 is 24.3 Å². The quantitative estimate of drug-likeness (QED) is 0.312. The van der Waals surface area contributed by atoms with E-state index >= 15 is 0 Å². The topological polar surface area (TPSA) is 80.8 Å². The summed E-state index contributed by atoms with van der Waals surface area (Å²) < 4.78 is 17.4. The van der Waals surface area contributed by atoms with E-state index in [1.807, 2.05) is 54.6 Å². The maximum Gasteiger partial charge on any atom is 0.307 e. The Morgan fingerprint density at radius 3 is 2.24 bits per heavy atom. The van der Waals surface area contributed by atoms with Crippen LogP contribution in [0.3, 0.4) is 0 Å². The van der Waals surface area contributed by atoms with E-state index in [1.165, 1.54) is 0 Å². The Balaban J connectivity index is 1.84. The highest BCUT2D eigenvalue weighted by Gasteiger charge is 2.22. The second-order valence-corrected chi connectivity index (χ2v) is 8.46. The van der Waals surface area contributed by atoms with E-state index in [4.69, 9.17) is 14.2 Å². The first-order chi connectivity index (χ1) is 16.4. The molecule has 0 unspecified atom stereocenters. The van der Waals surface area contributed by atoms with Crippen LogP contribution >= 0.6 is 0 Å². The van der Waals surface area contributed by atoms with Crippen molar-refractivity contribution in [2.24, 2.45) is 0 Å². The van der Waals surface area contributed by atoms with Crippen LogP contribution in [-0.4, -0.2) is 30.3 Å². The van der Waals surface area contributed by atoms with Gasteiger partial charge in [-0.3, -0.25) is 4.79 Å². The van der Waals surface area contributed by atoms with Crippen LogP contribution < -0.4 is 14.2 Å². The van der Waals surface area contributed by atoms with Gasteiger partial charge in [-0.1, -0.05) is 62.4 Å². The van der Waals surface area contributed by atoms with Gasteiger partial charge >= 0.3 is 5.97 Å². The van der Waals surface area contributed by atoms with Crippen molar-refractivity contribution in [3.05, 3.63) is 77.4 Å². The number of hydrogen-bond acceptors (Lipinski definition) is 4. The molecule has 0 amide bonds. The van der Waals surface area contributed by atoms with Gasteiger partial charge in [-0.05, 0) is 34.7 Å². The fourth-order valence-electron chi connectivity index (χ4n) is 4.25. The average molecular weight is 460 g/mol. The molecule has 2 N–H and O–H groups in total. The second kappa shape index (κ2) is 9.91. The molecule has 0 aliphatic carbocycles. The van der Waals surface area contributed by atoms with Gasteiger partial charge in [-0.2, -0.15) is 0 Å². The summed E-state index contributed by atoms with van der Waals surface area (Å²) in [5, 5.41) is 10.5. The third-order valence-electron chi connectivity index (χ3n) is 5.90. The lowest BCUT2D eigenvalue weighted by Gasteiger charge is -2.16. The molecular weight excluding hydrogens is 430 g/mol. The first-order valence-corrected chi connectivity index (χ1v) is 11.2. The molecule has 4 rings (SSSR count). The molecule has 1 aromatic heterocycles. The van der Waals surface area contributed by atoms with Crippen molar-refractivity contribution in [3.8, 4) is 28.5 Å². The summed E-state index contributed by atoms with van der Waals surface area (Å²) in [6, 6.07) is 19.6. The van der Waals surface area contributed by atoms with Crippen LogP contribution in [-0.2, 0) is 17.8 Å². The zero-order chi connectivity index (χ0) is 24.2. The van der Waals surface area contributed by atoms with Crippen LogP contribution in [0.5, 0.6) is 17.2 Å². The summed E-state index contributed by atoms with van der Waals surface area (Å²) in [6.07, 6.45) is -0.103. The molecule has 0 bridgehead atoms. The molecule has 0 radical (unpaired) electrons. The van der Waals surface area contributed by atoms with E-state index in [0.29, 0.717) is 23.9 Å². The minimum absolute atomic E-state index is 0.103. The molecule has 0 saturated carbocycles. The van der Waals surface area contributed by atoms with Gasteiger partial charge in [0.2, 0.25) is 5.75 Å². The van der Waals surface area contributed by atoms with Crippen molar-refractivity contribution in [1.82, 2.24) is 4.98 Å². The Kier molecular flexibility index (Phi) is 6.77. The van der Waals surface area contributed by atoms with Crippen LogP contribution in [0.1, 0.15) is 36.5 Å². The standard InChI is InChI=1S/C28H29NO5/c1-17(2)20-11-8-12-21-22(15-25(30)31)26(29-27(20)21)19-13-23(32-3)28(24(14-19)33-4)34-16-18-9-6-5-7-10-18/h5-14,17,29H,15-16H2,1-4H3,(H,30,31). The fraction of sp³-hybridized carbons (Fsp3) is 0.250. The van der Waals surface area contributed by atoms with Crippen molar-refractivity contribution in [2.45, 2.75) is 32.8 Å². The summed E-state index contributed by atoms with van der Waals surface area (Å²) in [5.74, 6) is 0.907. The molecule has 6 nitrogen and oxygen atoms in total. The lowest BCUT2D eigenvalue weighted by atomic mass is 9.97. The molecule has 0 spiro atoms. The number of H-pyrrole nitrogens is 1. The number of benzene rings is 3. The highest BCUT2D eigenvalue weighted by atomic mass is 16.5. The lowest BCUT2D eigenvalue weighted by molar-refractivity contribution is -0.136. The van der Waals surface area contributed by atoms with E-state index in [1.54, 1.807) is 14.2 Å². The smallest absolute Gasteiger partial charge is 0.307 e. The van der Waals surface area contributed by atoms with Gasteiger partial charge in [0, 0.05) is 16.5 Å². The first kappa shape index (κ1) is 23.2. The third kappa shape index (κ3) is 4.57. The molecule has 6 heteroatoms. The number of nitrogens with one attached hydrogen (secondary N) is 1. The number of aliphatic carboxylic acids is 1. The predicted octanol–water partition coefficient (Wildman–Crippen LogP) is 6.18. The van der Waals surface area contributed by atoms with Crippen LogP contribution in [0, 0.1) is 0 Å². The van der Waals surface area contributed by atoms with Crippen molar-refractivity contribution in [1.29, 1.82) is 0 Å². The molecule has 4 aromatic rings. The number of fused-ring (bicyclic) bond motifs is 1. The van der Waals surface area contributed by atoms with Gasteiger partial charge in [0.05, 0.1) is 26.3 Å². The molecule has 176 valence electrons. The highest BCUT2D eigenvalue weighted by Crippen LogP contribution is 2.44. The number of ether oxygens (including phenoxy) is 3. The summed E-state index contributed by atoms with van der Waals surface area (Å²) in [5.41, 5.74) is 5.34. The number of hydrogen-bond donors (Lipinski definition) is 2. The van der Waals surface area contributed by atoms with Crippen molar-refractivity contribution >= 4 is 16.9 Å². The molecular formula is C28H29NO5. The number of aromatic amines is 1. The molecule has 0 atom stereocenters. The number of carbonyl (C=O) groups is 1. The van der Waals surface area contributed by atoms with Crippen molar-refractivity contribution in [2.75, 3.05) is 14.2 Å². The maximum absolute atomic E-state index is 11.7. The van der Waals surface area contributed by atoms with Crippen LogP contribution in [0.25, 0.3) is 22.2 Å². The molecule has 0 saturated heterocycles. The van der Waals surface area contributed by atoms with Crippen molar-refractivity contribution in [3.63, 3.8) is 0 Å². The van der Waals surface area contributed by atoms with E-state index in [2.05, 4.69) is 24.9 Å². The maximum atomic E-state index is 11.7. The Morgan fingerprint density at radius 1 is 0.971 bits per heavy atom. The normalized spacial score (nSPS) is 11.1. The SMILES string of the molecule is COc1cc(-c2[nH]c3c(C(C)C)cccc3c2CC(=O)O)cc(OC)c1OCc1ccccc1. The van der Waals surface area contributed by atoms with E-state index < -0.39 is 5.97 Å². The summed E-state index contributed by atoms with van der Waals surface area (Å²) in [7, 11) is 3.16. The fourth-order valence-corrected chi connectivity index (χ4v) is 4.25. The number of carboxylic acids is 1. The highest BCUT2D eigenvalue weighted by molar-refractivity contribution is 5.96. The van der Waals surface area contributed by atoms with E-state index in [0.717, 1.165) is 38.9 Å². The minimum Gasteiger partial charge on any atom is -0.493 e. The largest absolute Gasteiger partial charge is 0.493 e. The zero-order valence-corrected chi connectivity index (χ0v) is 19.8. The predicted molar refractivity (Wildman–Crippen MR) is 133 cm³/mol. The molecule has 1 heterocycles. The van der Waals surface area contributed by atoms with Crippen LogP contribution in [0.2, 0.25) is 0 Å². The van der Waals surface area contributed by atoms with E-state index in [-0.39, 0.29) is 12.3 Å². The minimum atomic E-state index is -0.890. The van der Waals surface area contributed by atoms with Gasteiger partial charge in [0.15, 0.2) is 11.5 Å². The molecule has 3 aromatic carbocycles. The van der Waals surface area contributed by atoms with E-state index in [9.17, 15) is 9.90 Å². The molecule has 34 heavy (non-hydrogen) atoms. The number of rotatable bonds is 9. The van der Waals surface area contributed by atoms with Crippen LogP contribution in [0.4, 0.5) is 0 Å². The Hall–Kier alpha value is -3.93. The monoisotopic (exact) mass is 459 g/mol. The molecule has 0 fully saturated rings. The molecule has 0 aliphatic heterocycles. The Labute approximate surface area is 199 Å². The average Bonchev–Trinajstić information content (AvgIpc) is 3.20. The summed E-state index contributed by atoms with van der Waals surface area (Å²) in [6.45, 7) is 4.61. The number of methoxy groups -OCH3 is 2. The first-order valence-electron chi connectivity index (χ1n) is 11.2. The number of carboxylic acid groups (broad SMARTS) is 1. The van der Waals surface area contributed by atoms with Gasteiger partial charge in [0.25, 0.3) is 0 Å². The lowest BCUT2D eigenvalue weighted by Crippen LogP contribution is -2.02. The van der Waals surface area contributed by atoms with Gasteiger partial charge in [-0.15, -0.1) is 0 Å². The Bertz CT molecular complexity index is 1280. The molecule has 0 aliphatic rings. The van der Waals surface area contributed by atoms with Gasteiger partial charge in [-0.25, -0.2) is 0 Å². The summed E-state index contributed by atoms with van der Waals surface area (Å²) >= 11 is 0. The van der Waals surface area contributed by atoms with Gasteiger partial charge in [0.1, 0.15) is 6.61 Å².